The standard InChI is InChI=1S/C23H27N7O4S/c1-15(2)30-21-11-18(25-13-20(21)28-23(30)34-9-8-33-3)10-17-6-7-24-22(27-17)16-12-26-29(14-16)35(31,32)19-4-5-19/h6-7,11-15,19H,4-5,8-10H2,1-3H3. The fourth-order valence-electron chi connectivity index (χ4n) is 3.83. The lowest BCUT2D eigenvalue weighted by Gasteiger charge is -2.13. The molecule has 0 saturated heterocycles. The number of aromatic nitrogens is 7. The Morgan fingerprint density at radius 3 is 2.69 bits per heavy atom. The van der Waals surface area contributed by atoms with Crippen LogP contribution in [0.5, 0.6) is 6.01 Å². The minimum atomic E-state index is -3.43. The van der Waals surface area contributed by atoms with Gasteiger partial charge in [-0.05, 0) is 38.8 Å². The minimum absolute atomic E-state index is 0.141. The molecule has 4 heterocycles. The van der Waals surface area contributed by atoms with Gasteiger partial charge in [-0.1, -0.05) is 0 Å². The van der Waals surface area contributed by atoms with E-state index in [1.807, 2.05) is 16.7 Å². The molecule has 4 aromatic rings. The third-order valence-electron chi connectivity index (χ3n) is 5.74. The van der Waals surface area contributed by atoms with E-state index in [4.69, 9.17) is 9.47 Å². The number of methoxy groups -OCH3 is 1. The zero-order valence-electron chi connectivity index (χ0n) is 19.8. The van der Waals surface area contributed by atoms with Crippen LogP contribution >= 0.6 is 0 Å². The van der Waals surface area contributed by atoms with Gasteiger partial charge in [0.05, 0.1) is 47.2 Å². The Morgan fingerprint density at radius 2 is 1.94 bits per heavy atom. The molecule has 35 heavy (non-hydrogen) atoms. The fraction of sp³-hybridized carbons (Fsp3) is 0.435. The van der Waals surface area contributed by atoms with Crippen LogP contribution in [0.4, 0.5) is 0 Å². The fourth-order valence-corrected chi connectivity index (χ4v) is 5.31. The van der Waals surface area contributed by atoms with Gasteiger partial charge in [0.15, 0.2) is 5.82 Å². The third-order valence-corrected chi connectivity index (χ3v) is 7.77. The summed E-state index contributed by atoms with van der Waals surface area (Å²) in [4.78, 5) is 18.1. The van der Waals surface area contributed by atoms with E-state index in [0.29, 0.717) is 49.9 Å². The van der Waals surface area contributed by atoms with Gasteiger partial charge in [0.25, 0.3) is 16.0 Å². The van der Waals surface area contributed by atoms with Crippen molar-refractivity contribution in [1.82, 2.24) is 33.7 Å². The van der Waals surface area contributed by atoms with Crippen molar-refractivity contribution >= 4 is 21.1 Å². The van der Waals surface area contributed by atoms with Crippen LogP contribution in [-0.2, 0) is 21.2 Å². The lowest BCUT2D eigenvalue weighted by atomic mass is 10.2. The van der Waals surface area contributed by atoms with Crippen LogP contribution in [0, 0.1) is 0 Å². The van der Waals surface area contributed by atoms with E-state index in [-0.39, 0.29) is 11.3 Å². The van der Waals surface area contributed by atoms with Gasteiger partial charge in [0.2, 0.25) is 0 Å². The Labute approximate surface area is 203 Å². The molecule has 0 spiro atoms. The minimum Gasteiger partial charge on any atom is -0.462 e. The number of rotatable bonds is 10. The maximum absolute atomic E-state index is 12.4. The largest absolute Gasteiger partial charge is 0.462 e. The van der Waals surface area contributed by atoms with Crippen molar-refractivity contribution in [2.75, 3.05) is 20.3 Å². The highest BCUT2D eigenvalue weighted by molar-refractivity contribution is 7.90. The number of fused-ring (bicyclic) bond motifs is 1. The summed E-state index contributed by atoms with van der Waals surface area (Å²) >= 11 is 0. The summed E-state index contributed by atoms with van der Waals surface area (Å²) < 4.78 is 38.8. The van der Waals surface area contributed by atoms with Crippen molar-refractivity contribution < 1.29 is 17.9 Å². The van der Waals surface area contributed by atoms with Crippen LogP contribution in [0.2, 0.25) is 0 Å². The molecule has 1 aliphatic carbocycles. The van der Waals surface area contributed by atoms with Crippen molar-refractivity contribution in [2.24, 2.45) is 0 Å². The molecule has 0 bridgehead atoms. The van der Waals surface area contributed by atoms with Gasteiger partial charge in [0.1, 0.15) is 12.1 Å². The molecule has 0 amide bonds. The lowest BCUT2D eigenvalue weighted by Crippen LogP contribution is -2.17. The Kier molecular flexibility index (Phi) is 6.24. The SMILES string of the molecule is COCCOc1nc2cnc(Cc3ccnc(-c4cnn(S(=O)(=O)C5CC5)c4)n3)cc2n1C(C)C. The molecule has 12 heteroatoms. The molecular weight excluding hydrogens is 470 g/mol. The van der Waals surface area contributed by atoms with Crippen LogP contribution in [0.15, 0.2) is 36.9 Å². The number of ether oxygens (including phenoxy) is 2. The van der Waals surface area contributed by atoms with Gasteiger partial charge in [-0.25, -0.2) is 18.4 Å². The topological polar surface area (TPSA) is 127 Å². The van der Waals surface area contributed by atoms with Crippen LogP contribution in [-0.4, -0.2) is 67.7 Å². The van der Waals surface area contributed by atoms with Crippen molar-refractivity contribution in [2.45, 2.75) is 44.4 Å². The smallest absolute Gasteiger partial charge is 0.297 e. The molecule has 11 nitrogen and oxygen atoms in total. The maximum atomic E-state index is 12.4. The summed E-state index contributed by atoms with van der Waals surface area (Å²) in [6, 6.07) is 4.49. The third kappa shape index (κ3) is 4.76. The van der Waals surface area contributed by atoms with E-state index >= 15 is 0 Å². The highest BCUT2D eigenvalue weighted by atomic mass is 32.2. The quantitative estimate of drug-likeness (QED) is 0.304. The molecule has 1 aliphatic rings. The molecule has 184 valence electrons. The first-order chi connectivity index (χ1) is 16.9. The van der Waals surface area contributed by atoms with Gasteiger partial charge >= 0.3 is 0 Å². The Balaban J connectivity index is 1.40. The second-order valence-electron chi connectivity index (χ2n) is 8.76. The summed E-state index contributed by atoms with van der Waals surface area (Å²) in [7, 11) is -1.80. The summed E-state index contributed by atoms with van der Waals surface area (Å²) in [5.74, 6) is 0.418. The number of imidazole rings is 1. The van der Waals surface area contributed by atoms with Crippen LogP contribution in [0.25, 0.3) is 22.4 Å². The summed E-state index contributed by atoms with van der Waals surface area (Å²) in [5.41, 5.74) is 3.81. The van der Waals surface area contributed by atoms with Gasteiger partial charge in [0, 0.05) is 31.5 Å². The zero-order valence-corrected chi connectivity index (χ0v) is 20.6. The van der Waals surface area contributed by atoms with Crippen LogP contribution < -0.4 is 4.74 Å². The molecular formula is C23H27N7O4S. The average Bonchev–Trinajstić information content (AvgIpc) is 3.46. The van der Waals surface area contributed by atoms with Gasteiger partial charge in [-0.15, -0.1) is 0 Å². The van der Waals surface area contributed by atoms with E-state index in [1.54, 1.807) is 19.5 Å². The number of hydrogen-bond acceptors (Lipinski definition) is 9. The number of pyridine rings is 1. The van der Waals surface area contributed by atoms with Crippen molar-refractivity contribution in [3.05, 3.63) is 48.3 Å². The van der Waals surface area contributed by atoms with Gasteiger partial charge in [-0.2, -0.15) is 14.2 Å². The lowest BCUT2D eigenvalue weighted by molar-refractivity contribution is 0.137. The van der Waals surface area contributed by atoms with Gasteiger partial charge < -0.3 is 9.47 Å². The normalized spacial score (nSPS) is 14.2. The number of hydrogen-bond donors (Lipinski definition) is 0. The zero-order chi connectivity index (χ0) is 24.6. The Bertz CT molecular complexity index is 1460. The average molecular weight is 498 g/mol. The van der Waals surface area contributed by atoms with Crippen molar-refractivity contribution in [1.29, 1.82) is 0 Å². The molecule has 0 aliphatic heterocycles. The molecule has 0 atom stereocenters. The Morgan fingerprint density at radius 1 is 1.11 bits per heavy atom. The molecule has 4 aromatic heterocycles. The van der Waals surface area contributed by atoms with Crippen molar-refractivity contribution in [3.63, 3.8) is 0 Å². The first kappa shape index (κ1) is 23.4. The van der Waals surface area contributed by atoms with Gasteiger partial charge in [-0.3, -0.25) is 9.55 Å². The molecule has 0 N–H and O–H groups in total. The molecule has 1 fully saturated rings. The van der Waals surface area contributed by atoms with E-state index in [0.717, 1.165) is 26.5 Å². The highest BCUT2D eigenvalue weighted by Gasteiger charge is 2.37. The van der Waals surface area contributed by atoms with Crippen molar-refractivity contribution in [3.8, 4) is 17.4 Å². The maximum Gasteiger partial charge on any atom is 0.297 e. The second-order valence-corrected chi connectivity index (χ2v) is 10.8. The molecule has 0 unspecified atom stereocenters. The highest BCUT2D eigenvalue weighted by Crippen LogP contribution is 2.30. The molecule has 0 radical (unpaired) electrons. The summed E-state index contributed by atoms with van der Waals surface area (Å²) in [6.45, 7) is 5.04. The molecule has 1 saturated carbocycles. The first-order valence-corrected chi connectivity index (χ1v) is 13.0. The van der Waals surface area contributed by atoms with E-state index < -0.39 is 10.0 Å². The number of nitrogens with zero attached hydrogens (tertiary/aromatic N) is 7. The molecule has 0 aromatic carbocycles. The van der Waals surface area contributed by atoms with Crippen LogP contribution in [0.1, 0.15) is 44.1 Å². The van der Waals surface area contributed by atoms with E-state index in [1.165, 1.54) is 12.4 Å². The monoisotopic (exact) mass is 497 g/mol. The second kappa shape index (κ2) is 9.34. The van der Waals surface area contributed by atoms with E-state index in [2.05, 4.69) is 38.9 Å². The predicted octanol–water partition coefficient (Wildman–Crippen LogP) is 2.62. The summed E-state index contributed by atoms with van der Waals surface area (Å²) in [6.07, 6.45) is 8.18. The first-order valence-electron chi connectivity index (χ1n) is 11.5. The van der Waals surface area contributed by atoms with E-state index in [9.17, 15) is 8.42 Å². The summed E-state index contributed by atoms with van der Waals surface area (Å²) in [5, 5.41) is 3.70. The Hall–Kier alpha value is -3.38. The van der Waals surface area contributed by atoms with Crippen LogP contribution in [0.3, 0.4) is 0 Å². The predicted molar refractivity (Wildman–Crippen MR) is 129 cm³/mol. The molecule has 5 rings (SSSR count).